The summed E-state index contributed by atoms with van der Waals surface area (Å²) in [7, 11) is 0. The molecule has 0 aliphatic heterocycles. The number of ether oxygens (including phenoxy) is 2. The van der Waals surface area contributed by atoms with Crippen LogP contribution in [-0.4, -0.2) is 22.9 Å². The molecule has 0 saturated heterocycles. The van der Waals surface area contributed by atoms with Gasteiger partial charge in [-0.2, -0.15) is 0 Å². The Morgan fingerprint density at radius 1 is 1.29 bits per heavy atom. The lowest BCUT2D eigenvalue weighted by atomic mass is 10.3. The molecular weight excluding hydrogens is 238 g/mol. The van der Waals surface area contributed by atoms with Crippen LogP contribution in [0.25, 0.3) is 0 Å². The van der Waals surface area contributed by atoms with Crippen molar-refractivity contribution in [3.05, 3.63) is 30.3 Å². The van der Waals surface area contributed by atoms with E-state index in [1.165, 1.54) is 11.3 Å². The molecule has 17 heavy (non-hydrogen) atoms. The third-order valence-electron chi connectivity index (χ3n) is 1.95. The molecule has 0 bridgehead atoms. The Labute approximate surface area is 103 Å². The van der Waals surface area contributed by atoms with Crippen molar-refractivity contribution in [1.82, 2.24) is 10.2 Å². The summed E-state index contributed by atoms with van der Waals surface area (Å²) in [6, 6.07) is 9.58. The van der Waals surface area contributed by atoms with Gasteiger partial charge in [0, 0.05) is 0 Å². The van der Waals surface area contributed by atoms with E-state index >= 15 is 0 Å². The third kappa shape index (κ3) is 3.60. The number of hydrogen-bond donors (Lipinski definition) is 1. The lowest BCUT2D eigenvalue weighted by molar-refractivity contribution is 0.142. The average Bonchev–Trinajstić information content (AvgIpc) is 2.73. The van der Waals surface area contributed by atoms with Crippen molar-refractivity contribution in [2.24, 2.45) is 0 Å². The monoisotopic (exact) mass is 251 g/mol. The standard InChI is InChI=1S/C11H13N3O2S/c1-8(16-11-14-13-10(12)17-11)7-15-9-5-3-2-4-6-9/h2-6,8H,7H2,1H3,(H2,12,13). The van der Waals surface area contributed by atoms with Crippen molar-refractivity contribution in [2.75, 3.05) is 12.3 Å². The highest BCUT2D eigenvalue weighted by Crippen LogP contribution is 2.20. The van der Waals surface area contributed by atoms with Gasteiger partial charge >= 0.3 is 0 Å². The summed E-state index contributed by atoms with van der Waals surface area (Å²) in [4.78, 5) is 0. The van der Waals surface area contributed by atoms with Crippen molar-refractivity contribution in [3.8, 4) is 10.9 Å². The lowest BCUT2D eigenvalue weighted by Gasteiger charge is -2.12. The second-order valence-corrected chi connectivity index (χ2v) is 4.43. The normalized spacial score (nSPS) is 12.1. The molecule has 0 fully saturated rings. The van der Waals surface area contributed by atoms with Gasteiger partial charge in [0.25, 0.3) is 5.19 Å². The summed E-state index contributed by atoms with van der Waals surface area (Å²) in [5.74, 6) is 0.819. The Kier molecular flexibility index (Phi) is 3.77. The predicted molar refractivity (Wildman–Crippen MR) is 66.3 cm³/mol. The van der Waals surface area contributed by atoms with Crippen molar-refractivity contribution in [2.45, 2.75) is 13.0 Å². The quantitative estimate of drug-likeness (QED) is 0.879. The van der Waals surface area contributed by atoms with Gasteiger partial charge in [-0.3, -0.25) is 0 Å². The van der Waals surface area contributed by atoms with E-state index < -0.39 is 0 Å². The number of nitrogens with two attached hydrogens (primary N) is 1. The summed E-state index contributed by atoms with van der Waals surface area (Å²) in [5.41, 5.74) is 5.45. The van der Waals surface area contributed by atoms with Gasteiger partial charge in [-0.15, -0.1) is 5.10 Å². The van der Waals surface area contributed by atoms with Gasteiger partial charge in [-0.05, 0) is 30.4 Å². The fraction of sp³-hybridized carbons (Fsp3) is 0.273. The van der Waals surface area contributed by atoms with Crippen molar-refractivity contribution >= 4 is 16.5 Å². The zero-order valence-electron chi connectivity index (χ0n) is 9.37. The van der Waals surface area contributed by atoms with Gasteiger partial charge in [-0.25, -0.2) is 0 Å². The fourth-order valence-electron chi connectivity index (χ4n) is 1.20. The minimum Gasteiger partial charge on any atom is -0.490 e. The van der Waals surface area contributed by atoms with E-state index in [4.69, 9.17) is 15.2 Å². The number of para-hydroxylation sites is 1. The number of rotatable bonds is 5. The molecule has 0 spiro atoms. The lowest BCUT2D eigenvalue weighted by Crippen LogP contribution is -2.20. The van der Waals surface area contributed by atoms with E-state index in [-0.39, 0.29) is 6.10 Å². The van der Waals surface area contributed by atoms with Crippen LogP contribution >= 0.6 is 11.3 Å². The Morgan fingerprint density at radius 3 is 2.71 bits per heavy atom. The largest absolute Gasteiger partial charge is 0.490 e. The SMILES string of the molecule is CC(COc1ccccc1)Oc1nnc(N)s1. The Balaban J connectivity index is 1.80. The highest BCUT2D eigenvalue weighted by Gasteiger charge is 2.08. The second kappa shape index (κ2) is 5.49. The van der Waals surface area contributed by atoms with Crippen LogP contribution in [0.15, 0.2) is 30.3 Å². The van der Waals surface area contributed by atoms with Gasteiger partial charge in [0.05, 0.1) is 0 Å². The molecule has 1 atom stereocenters. The zero-order chi connectivity index (χ0) is 12.1. The van der Waals surface area contributed by atoms with Crippen LogP contribution in [0, 0.1) is 0 Å². The van der Waals surface area contributed by atoms with Gasteiger partial charge in [0.15, 0.2) is 0 Å². The maximum absolute atomic E-state index is 5.55. The summed E-state index contributed by atoms with van der Waals surface area (Å²) in [6.07, 6.45) is -0.109. The molecule has 2 N–H and O–H groups in total. The first kappa shape index (κ1) is 11.7. The smallest absolute Gasteiger partial charge is 0.296 e. The van der Waals surface area contributed by atoms with E-state index in [0.29, 0.717) is 16.9 Å². The van der Waals surface area contributed by atoms with E-state index in [0.717, 1.165) is 5.75 Å². The molecule has 0 aliphatic rings. The van der Waals surface area contributed by atoms with Crippen LogP contribution < -0.4 is 15.2 Å². The maximum atomic E-state index is 5.55. The van der Waals surface area contributed by atoms with Crippen LogP contribution in [0.5, 0.6) is 10.9 Å². The minimum absolute atomic E-state index is 0.109. The molecule has 0 radical (unpaired) electrons. The van der Waals surface area contributed by atoms with Crippen LogP contribution in [0.2, 0.25) is 0 Å². The van der Waals surface area contributed by atoms with Crippen LogP contribution in [0.4, 0.5) is 5.13 Å². The van der Waals surface area contributed by atoms with Crippen molar-refractivity contribution in [3.63, 3.8) is 0 Å². The molecule has 6 heteroatoms. The number of nitrogens with zero attached hydrogens (tertiary/aromatic N) is 2. The summed E-state index contributed by atoms with van der Waals surface area (Å²) < 4.78 is 11.0. The topological polar surface area (TPSA) is 70.3 Å². The first-order valence-corrected chi connectivity index (χ1v) is 5.99. The van der Waals surface area contributed by atoms with Crippen LogP contribution in [0.3, 0.4) is 0 Å². The first-order valence-electron chi connectivity index (χ1n) is 5.17. The van der Waals surface area contributed by atoms with Crippen molar-refractivity contribution in [1.29, 1.82) is 0 Å². The van der Waals surface area contributed by atoms with Crippen LogP contribution in [0.1, 0.15) is 6.92 Å². The molecular formula is C11H13N3O2S. The Hall–Kier alpha value is -1.82. The summed E-state index contributed by atoms with van der Waals surface area (Å²) in [6.45, 7) is 2.35. The first-order chi connectivity index (χ1) is 8.24. The molecule has 1 aromatic heterocycles. The molecule has 2 rings (SSSR count). The molecule has 2 aromatic rings. The molecule has 90 valence electrons. The molecule has 0 aliphatic carbocycles. The number of anilines is 1. The molecule has 0 amide bonds. The van der Waals surface area contributed by atoms with Crippen molar-refractivity contribution < 1.29 is 9.47 Å². The fourth-order valence-corrected chi connectivity index (χ4v) is 1.76. The predicted octanol–water partition coefficient (Wildman–Crippen LogP) is 1.97. The van der Waals surface area contributed by atoms with Gasteiger partial charge < -0.3 is 15.2 Å². The molecule has 1 aromatic carbocycles. The van der Waals surface area contributed by atoms with E-state index in [1.807, 2.05) is 37.3 Å². The zero-order valence-corrected chi connectivity index (χ0v) is 10.2. The number of benzene rings is 1. The number of hydrogen-bond acceptors (Lipinski definition) is 6. The van der Waals surface area contributed by atoms with Gasteiger partial charge in [0.2, 0.25) is 5.13 Å². The average molecular weight is 251 g/mol. The van der Waals surface area contributed by atoms with Crippen LogP contribution in [-0.2, 0) is 0 Å². The van der Waals surface area contributed by atoms with E-state index in [1.54, 1.807) is 0 Å². The molecule has 5 nitrogen and oxygen atoms in total. The van der Waals surface area contributed by atoms with Gasteiger partial charge in [0.1, 0.15) is 18.5 Å². The highest BCUT2D eigenvalue weighted by atomic mass is 32.1. The summed E-state index contributed by atoms with van der Waals surface area (Å²) in [5, 5.41) is 8.31. The molecule has 1 heterocycles. The summed E-state index contributed by atoms with van der Waals surface area (Å²) >= 11 is 1.22. The molecule has 1 unspecified atom stereocenters. The Bertz CT molecular complexity index is 461. The second-order valence-electron chi connectivity index (χ2n) is 3.46. The van der Waals surface area contributed by atoms with E-state index in [9.17, 15) is 0 Å². The highest BCUT2D eigenvalue weighted by molar-refractivity contribution is 7.16. The third-order valence-corrected chi connectivity index (χ3v) is 2.60. The van der Waals surface area contributed by atoms with E-state index in [2.05, 4.69) is 10.2 Å². The molecule has 0 saturated carbocycles. The number of aromatic nitrogens is 2. The number of nitrogen functional groups attached to an aromatic ring is 1. The minimum atomic E-state index is -0.109. The van der Waals surface area contributed by atoms with Gasteiger partial charge in [-0.1, -0.05) is 23.3 Å². The maximum Gasteiger partial charge on any atom is 0.296 e. The Morgan fingerprint density at radius 2 is 2.06 bits per heavy atom.